The third-order valence-electron chi connectivity index (χ3n) is 5.97. The van der Waals surface area contributed by atoms with Crippen molar-refractivity contribution in [1.29, 1.82) is 0 Å². The molecule has 186 valence electrons. The second kappa shape index (κ2) is 10.5. The second-order valence-electron chi connectivity index (χ2n) is 8.28. The molecule has 10 heteroatoms. The third kappa shape index (κ3) is 5.12. The minimum Gasteiger partial charge on any atom is -0.357 e. The lowest BCUT2D eigenvalue weighted by molar-refractivity contribution is -0.140. The fourth-order valence-corrected chi connectivity index (χ4v) is 5.75. The lowest BCUT2D eigenvalue weighted by Gasteiger charge is -2.32. The van der Waals surface area contributed by atoms with Crippen LogP contribution in [0.3, 0.4) is 0 Å². The van der Waals surface area contributed by atoms with Crippen LogP contribution >= 0.6 is 11.6 Å². The first-order chi connectivity index (χ1) is 17.2. The lowest BCUT2D eigenvalue weighted by atomic mass is 10.0. The number of nitrogens with zero attached hydrogens (tertiary/aromatic N) is 2. The van der Waals surface area contributed by atoms with Crippen LogP contribution in [0, 0.1) is 0 Å². The summed E-state index contributed by atoms with van der Waals surface area (Å²) < 4.78 is 26.6. The van der Waals surface area contributed by atoms with Crippen LogP contribution < -0.4 is 5.32 Å². The summed E-state index contributed by atoms with van der Waals surface area (Å²) in [6.45, 7) is -0.721. The smallest absolute Gasteiger partial charge is 0.269 e. The lowest BCUT2D eigenvalue weighted by Crippen LogP contribution is -2.52. The number of halogens is 1. The first kappa shape index (κ1) is 25.4. The number of hydrogen-bond acceptors (Lipinski definition) is 5. The number of benzene rings is 3. The van der Waals surface area contributed by atoms with E-state index in [1.807, 2.05) is 30.3 Å². The third-order valence-corrected chi connectivity index (χ3v) is 8.01. The van der Waals surface area contributed by atoms with Gasteiger partial charge in [-0.3, -0.25) is 14.4 Å². The molecule has 0 bridgehead atoms. The first-order valence-electron chi connectivity index (χ1n) is 11.2. The van der Waals surface area contributed by atoms with E-state index in [-0.39, 0.29) is 23.4 Å². The molecule has 1 aliphatic rings. The van der Waals surface area contributed by atoms with Crippen molar-refractivity contribution in [2.45, 2.75) is 23.9 Å². The van der Waals surface area contributed by atoms with Crippen molar-refractivity contribution in [3.8, 4) is 0 Å². The quantitative estimate of drug-likeness (QED) is 0.487. The van der Waals surface area contributed by atoms with Gasteiger partial charge in [0.05, 0.1) is 5.56 Å². The highest BCUT2D eigenvalue weighted by atomic mass is 35.5. The van der Waals surface area contributed by atoms with Crippen molar-refractivity contribution >= 4 is 39.3 Å². The highest BCUT2D eigenvalue weighted by molar-refractivity contribution is 7.90. The van der Waals surface area contributed by atoms with Crippen molar-refractivity contribution in [2.24, 2.45) is 0 Å². The van der Waals surface area contributed by atoms with Crippen LogP contribution in [0.25, 0.3) is 0 Å². The summed E-state index contributed by atoms with van der Waals surface area (Å²) in [5.74, 6) is -1.87. The fraction of sp³-hybridized carbons (Fsp3) is 0.192. The zero-order valence-electron chi connectivity index (χ0n) is 19.4. The highest BCUT2D eigenvalue weighted by Crippen LogP contribution is 2.30. The molecule has 0 unspecified atom stereocenters. The van der Waals surface area contributed by atoms with Crippen LogP contribution in [0.5, 0.6) is 0 Å². The standard InChI is InChI=1S/C26H24ClN3O5S/c1-28-25(32)22(15-18-7-3-2-4-8-18)29(16-19-11-13-20(27)14-12-19)24(31)17-30-26(33)21-9-5-6-10-23(21)36(30,34)35/h2-14,22H,15-17H2,1H3,(H,28,32)/t22-/m0/s1. The maximum atomic E-state index is 13.7. The van der Waals surface area contributed by atoms with Crippen LogP contribution in [0.4, 0.5) is 0 Å². The minimum atomic E-state index is -4.19. The van der Waals surface area contributed by atoms with Gasteiger partial charge in [0, 0.05) is 25.0 Å². The largest absolute Gasteiger partial charge is 0.357 e. The molecule has 0 aromatic heterocycles. The van der Waals surface area contributed by atoms with Crippen LogP contribution in [0.2, 0.25) is 5.02 Å². The van der Waals surface area contributed by atoms with Gasteiger partial charge < -0.3 is 10.2 Å². The molecule has 1 N–H and O–H groups in total. The zero-order chi connectivity index (χ0) is 25.9. The molecule has 1 heterocycles. The van der Waals surface area contributed by atoms with Gasteiger partial charge in [-0.1, -0.05) is 66.2 Å². The Morgan fingerprint density at radius 1 is 0.944 bits per heavy atom. The Bertz CT molecular complexity index is 1390. The fourth-order valence-electron chi connectivity index (χ4n) is 4.11. The van der Waals surface area contributed by atoms with Gasteiger partial charge in [0.2, 0.25) is 11.8 Å². The summed E-state index contributed by atoms with van der Waals surface area (Å²) in [6.07, 6.45) is 0.195. The summed E-state index contributed by atoms with van der Waals surface area (Å²) in [6, 6.07) is 20.8. The maximum absolute atomic E-state index is 13.7. The molecule has 8 nitrogen and oxygen atoms in total. The van der Waals surface area contributed by atoms with Crippen LogP contribution in [0.15, 0.2) is 83.8 Å². The van der Waals surface area contributed by atoms with E-state index < -0.39 is 40.3 Å². The molecule has 3 amide bonds. The van der Waals surface area contributed by atoms with Gasteiger partial charge >= 0.3 is 0 Å². The van der Waals surface area contributed by atoms with Crippen LogP contribution in [-0.4, -0.2) is 55.0 Å². The Morgan fingerprint density at radius 3 is 2.22 bits per heavy atom. The monoisotopic (exact) mass is 525 g/mol. The maximum Gasteiger partial charge on any atom is 0.269 e. The van der Waals surface area contributed by atoms with E-state index in [0.29, 0.717) is 14.9 Å². The number of amides is 3. The Morgan fingerprint density at radius 2 is 1.58 bits per heavy atom. The zero-order valence-corrected chi connectivity index (χ0v) is 21.0. The molecule has 0 saturated heterocycles. The molecule has 1 aliphatic heterocycles. The predicted octanol–water partition coefficient (Wildman–Crippen LogP) is 2.87. The number of carbonyl (C=O) groups excluding carboxylic acids is 3. The van der Waals surface area contributed by atoms with Crippen molar-refractivity contribution in [3.63, 3.8) is 0 Å². The first-order valence-corrected chi connectivity index (χ1v) is 13.0. The van der Waals surface area contributed by atoms with E-state index in [1.54, 1.807) is 30.3 Å². The normalized spacial score (nSPS) is 14.7. The molecule has 4 rings (SSSR count). The van der Waals surface area contributed by atoms with Gasteiger partial charge in [0.15, 0.2) is 0 Å². The Hall–Kier alpha value is -3.69. The number of sulfonamides is 1. The second-order valence-corrected chi connectivity index (χ2v) is 10.5. The Balaban J connectivity index is 1.69. The van der Waals surface area contributed by atoms with E-state index in [9.17, 15) is 22.8 Å². The number of likely N-dealkylation sites (N-methyl/N-ethyl adjacent to an activating group) is 1. The summed E-state index contributed by atoms with van der Waals surface area (Å²) in [7, 11) is -2.73. The summed E-state index contributed by atoms with van der Waals surface area (Å²) in [5.41, 5.74) is 1.52. The summed E-state index contributed by atoms with van der Waals surface area (Å²) in [5, 5.41) is 3.11. The van der Waals surface area contributed by atoms with Gasteiger partial charge in [-0.05, 0) is 35.4 Å². The molecule has 0 radical (unpaired) electrons. The van der Waals surface area contributed by atoms with Gasteiger partial charge in [0.1, 0.15) is 17.5 Å². The SMILES string of the molecule is CNC(=O)[C@H](Cc1ccccc1)N(Cc1ccc(Cl)cc1)C(=O)CN1C(=O)c2ccccc2S1(=O)=O. The molecule has 0 fully saturated rings. The molecule has 36 heavy (non-hydrogen) atoms. The Kier molecular flexibility index (Phi) is 7.42. The van der Waals surface area contributed by atoms with Crippen molar-refractivity contribution in [3.05, 3.63) is 101 Å². The molecule has 0 saturated carbocycles. The van der Waals surface area contributed by atoms with E-state index in [4.69, 9.17) is 11.6 Å². The van der Waals surface area contributed by atoms with E-state index in [1.165, 1.54) is 30.1 Å². The van der Waals surface area contributed by atoms with E-state index >= 15 is 0 Å². The molecule has 0 spiro atoms. The number of hydrogen-bond donors (Lipinski definition) is 1. The Labute approximate surface area is 214 Å². The highest BCUT2D eigenvalue weighted by Gasteiger charge is 2.43. The number of nitrogens with one attached hydrogen (secondary N) is 1. The molecule has 0 aliphatic carbocycles. The summed E-state index contributed by atoms with van der Waals surface area (Å²) >= 11 is 6.00. The van der Waals surface area contributed by atoms with Crippen LogP contribution in [-0.2, 0) is 32.6 Å². The minimum absolute atomic E-state index is 0.00987. The molecule has 1 atom stereocenters. The molecule has 3 aromatic carbocycles. The molecular weight excluding hydrogens is 502 g/mol. The van der Waals surface area contributed by atoms with Crippen molar-refractivity contribution in [2.75, 3.05) is 13.6 Å². The van der Waals surface area contributed by atoms with Gasteiger partial charge in [0.25, 0.3) is 15.9 Å². The van der Waals surface area contributed by atoms with Gasteiger partial charge in [-0.2, -0.15) is 0 Å². The van der Waals surface area contributed by atoms with E-state index in [0.717, 1.165) is 5.56 Å². The number of carbonyl (C=O) groups is 3. The summed E-state index contributed by atoms with van der Waals surface area (Å²) in [4.78, 5) is 40.7. The average molecular weight is 526 g/mol. The number of rotatable bonds is 8. The van der Waals surface area contributed by atoms with Gasteiger partial charge in [-0.25, -0.2) is 12.7 Å². The van der Waals surface area contributed by atoms with E-state index in [2.05, 4.69) is 5.32 Å². The predicted molar refractivity (Wildman–Crippen MR) is 135 cm³/mol. The topological polar surface area (TPSA) is 104 Å². The van der Waals surface area contributed by atoms with Gasteiger partial charge in [-0.15, -0.1) is 0 Å². The molecule has 3 aromatic rings. The molecular formula is C26H24ClN3O5S. The number of fused-ring (bicyclic) bond motifs is 1. The van der Waals surface area contributed by atoms with Crippen LogP contribution in [0.1, 0.15) is 21.5 Å². The average Bonchev–Trinajstić information content (AvgIpc) is 3.08. The van der Waals surface area contributed by atoms with Crippen molar-refractivity contribution < 1.29 is 22.8 Å². The van der Waals surface area contributed by atoms with Crippen molar-refractivity contribution in [1.82, 2.24) is 14.5 Å².